The van der Waals surface area contributed by atoms with Crippen molar-refractivity contribution in [3.05, 3.63) is 53.3 Å². The van der Waals surface area contributed by atoms with Crippen molar-refractivity contribution in [3.63, 3.8) is 0 Å². The molecule has 0 heterocycles. The molecule has 0 aliphatic heterocycles. The molecule has 0 amide bonds. The highest BCUT2D eigenvalue weighted by atomic mass is 19.1. The molecule has 3 nitrogen and oxygen atoms in total. The Kier molecular flexibility index (Phi) is 6.57. The number of ether oxygens (including phenoxy) is 2. The molecular formula is C18H21FO3. The van der Waals surface area contributed by atoms with Crippen LogP contribution in [0, 0.1) is 12.7 Å². The van der Waals surface area contributed by atoms with Gasteiger partial charge in [-0.15, -0.1) is 0 Å². The molecule has 0 unspecified atom stereocenters. The van der Waals surface area contributed by atoms with E-state index in [1.807, 2.05) is 20.8 Å². The lowest BCUT2D eigenvalue weighted by Crippen LogP contribution is -2.02. The maximum Gasteiger partial charge on any atom is 0.337 e. The molecule has 2 aromatic rings. The van der Waals surface area contributed by atoms with Crippen LogP contribution in [0.25, 0.3) is 11.1 Å². The topological polar surface area (TPSA) is 35.5 Å². The summed E-state index contributed by atoms with van der Waals surface area (Å²) < 4.78 is 23.7. The van der Waals surface area contributed by atoms with Crippen LogP contribution in [0.2, 0.25) is 0 Å². The van der Waals surface area contributed by atoms with E-state index in [1.165, 1.54) is 20.3 Å². The van der Waals surface area contributed by atoms with Crippen LogP contribution in [0.5, 0.6) is 5.75 Å². The molecule has 0 bridgehead atoms. The number of hydrogen-bond donors (Lipinski definition) is 0. The van der Waals surface area contributed by atoms with Crippen LogP contribution in [-0.4, -0.2) is 20.2 Å². The van der Waals surface area contributed by atoms with Gasteiger partial charge in [0.2, 0.25) is 0 Å². The van der Waals surface area contributed by atoms with Crippen molar-refractivity contribution in [3.8, 4) is 16.9 Å². The first-order valence-corrected chi connectivity index (χ1v) is 7.09. The third kappa shape index (κ3) is 3.85. The smallest absolute Gasteiger partial charge is 0.337 e. The molecule has 4 heteroatoms. The van der Waals surface area contributed by atoms with Gasteiger partial charge in [-0.05, 0) is 48.4 Å². The molecule has 0 spiro atoms. The lowest BCUT2D eigenvalue weighted by atomic mass is 9.98. The SMILES string of the molecule is CC.COC(=O)c1ccc(-c2cc(OC)ccc2F)c(C)c1. The normalized spacial score (nSPS) is 9.55. The number of esters is 1. The van der Waals surface area contributed by atoms with E-state index in [0.29, 0.717) is 22.4 Å². The van der Waals surface area contributed by atoms with Crippen LogP contribution in [0.4, 0.5) is 4.39 Å². The van der Waals surface area contributed by atoms with Crippen LogP contribution in [0.3, 0.4) is 0 Å². The van der Waals surface area contributed by atoms with E-state index in [9.17, 15) is 9.18 Å². The van der Waals surface area contributed by atoms with E-state index in [-0.39, 0.29) is 5.82 Å². The number of methoxy groups -OCH3 is 2. The molecule has 2 rings (SSSR count). The van der Waals surface area contributed by atoms with E-state index in [1.54, 1.807) is 30.3 Å². The maximum atomic E-state index is 13.9. The zero-order valence-electron chi connectivity index (χ0n) is 13.6. The van der Waals surface area contributed by atoms with Gasteiger partial charge in [0.05, 0.1) is 19.8 Å². The summed E-state index contributed by atoms with van der Waals surface area (Å²) in [5, 5.41) is 0. The van der Waals surface area contributed by atoms with Gasteiger partial charge in [-0.1, -0.05) is 19.9 Å². The van der Waals surface area contributed by atoms with Gasteiger partial charge in [0.1, 0.15) is 11.6 Å². The maximum absolute atomic E-state index is 13.9. The second-order valence-corrected chi connectivity index (χ2v) is 4.37. The summed E-state index contributed by atoms with van der Waals surface area (Å²) in [5.74, 6) is -0.164. The summed E-state index contributed by atoms with van der Waals surface area (Å²) in [4.78, 5) is 11.5. The zero-order valence-corrected chi connectivity index (χ0v) is 13.6. The Morgan fingerprint density at radius 3 is 2.23 bits per heavy atom. The van der Waals surface area contributed by atoms with Crippen molar-refractivity contribution < 1.29 is 18.7 Å². The summed E-state index contributed by atoms with van der Waals surface area (Å²) in [6, 6.07) is 9.57. The predicted octanol–water partition coefficient (Wildman–Crippen LogP) is 4.62. The zero-order chi connectivity index (χ0) is 16.7. The Bertz CT molecular complexity index is 651. The van der Waals surface area contributed by atoms with Gasteiger partial charge in [0, 0.05) is 5.56 Å². The Balaban J connectivity index is 0.00000116. The lowest BCUT2D eigenvalue weighted by Gasteiger charge is -2.10. The van der Waals surface area contributed by atoms with Crippen molar-refractivity contribution in [2.75, 3.05) is 14.2 Å². The van der Waals surface area contributed by atoms with Gasteiger partial charge < -0.3 is 9.47 Å². The Labute approximate surface area is 130 Å². The van der Waals surface area contributed by atoms with Gasteiger partial charge in [-0.3, -0.25) is 0 Å². The van der Waals surface area contributed by atoms with Gasteiger partial charge in [0.25, 0.3) is 0 Å². The van der Waals surface area contributed by atoms with Crippen molar-refractivity contribution in [2.24, 2.45) is 0 Å². The van der Waals surface area contributed by atoms with E-state index in [2.05, 4.69) is 4.74 Å². The third-order valence-electron chi connectivity index (χ3n) is 3.11. The molecule has 0 atom stereocenters. The fourth-order valence-corrected chi connectivity index (χ4v) is 2.05. The van der Waals surface area contributed by atoms with E-state index in [4.69, 9.17) is 4.74 Å². The largest absolute Gasteiger partial charge is 0.497 e. The number of halogens is 1. The summed E-state index contributed by atoms with van der Waals surface area (Å²) in [6.45, 7) is 5.82. The molecule has 0 fully saturated rings. The van der Waals surface area contributed by atoms with Crippen molar-refractivity contribution in [2.45, 2.75) is 20.8 Å². The van der Waals surface area contributed by atoms with Crippen LogP contribution >= 0.6 is 0 Å². The molecule has 0 N–H and O–H groups in total. The average Bonchev–Trinajstić information content (AvgIpc) is 2.56. The molecule has 0 saturated carbocycles. The lowest BCUT2D eigenvalue weighted by molar-refractivity contribution is 0.0600. The first-order chi connectivity index (χ1) is 10.6. The number of rotatable bonds is 3. The molecule has 0 radical (unpaired) electrons. The fraction of sp³-hybridized carbons (Fsp3) is 0.278. The highest BCUT2D eigenvalue weighted by molar-refractivity contribution is 5.90. The minimum atomic E-state index is -0.411. The van der Waals surface area contributed by atoms with Gasteiger partial charge in [0.15, 0.2) is 0 Å². The Hall–Kier alpha value is -2.36. The minimum Gasteiger partial charge on any atom is -0.497 e. The highest BCUT2D eigenvalue weighted by Crippen LogP contribution is 2.30. The van der Waals surface area contributed by atoms with Gasteiger partial charge in [-0.25, -0.2) is 9.18 Å². The number of aryl methyl sites for hydroxylation is 1. The molecule has 0 aliphatic rings. The van der Waals surface area contributed by atoms with E-state index >= 15 is 0 Å². The first kappa shape index (κ1) is 17.7. The van der Waals surface area contributed by atoms with Crippen LogP contribution in [-0.2, 0) is 4.74 Å². The standard InChI is InChI=1S/C16H15FO3.C2H6/c1-10-8-11(16(18)20-3)4-6-13(10)14-9-12(19-2)5-7-15(14)17;1-2/h4-9H,1-3H3;1-2H3. The number of carbonyl (C=O) groups is 1. The average molecular weight is 304 g/mol. The number of hydrogen-bond acceptors (Lipinski definition) is 3. The molecule has 0 aromatic heterocycles. The number of carbonyl (C=O) groups excluding carboxylic acids is 1. The Morgan fingerprint density at radius 2 is 1.68 bits per heavy atom. The molecule has 22 heavy (non-hydrogen) atoms. The fourth-order valence-electron chi connectivity index (χ4n) is 2.05. The third-order valence-corrected chi connectivity index (χ3v) is 3.11. The van der Waals surface area contributed by atoms with Crippen molar-refractivity contribution in [1.82, 2.24) is 0 Å². The number of benzene rings is 2. The minimum absolute atomic E-state index is 0.334. The monoisotopic (exact) mass is 304 g/mol. The van der Waals surface area contributed by atoms with E-state index < -0.39 is 5.97 Å². The molecule has 118 valence electrons. The van der Waals surface area contributed by atoms with Gasteiger partial charge >= 0.3 is 5.97 Å². The molecule has 0 aliphatic carbocycles. The van der Waals surface area contributed by atoms with Crippen LogP contribution < -0.4 is 4.74 Å². The van der Waals surface area contributed by atoms with E-state index in [0.717, 1.165) is 5.56 Å². The molecule has 0 saturated heterocycles. The summed E-state index contributed by atoms with van der Waals surface area (Å²) in [7, 11) is 2.86. The second-order valence-electron chi connectivity index (χ2n) is 4.37. The quantitative estimate of drug-likeness (QED) is 0.776. The van der Waals surface area contributed by atoms with Crippen LogP contribution in [0.1, 0.15) is 29.8 Å². The predicted molar refractivity (Wildman–Crippen MR) is 85.8 cm³/mol. The summed E-state index contributed by atoms with van der Waals surface area (Å²) in [6.07, 6.45) is 0. The molecule has 2 aromatic carbocycles. The summed E-state index contributed by atoms with van der Waals surface area (Å²) in [5.41, 5.74) is 2.39. The van der Waals surface area contributed by atoms with Crippen molar-refractivity contribution in [1.29, 1.82) is 0 Å². The van der Waals surface area contributed by atoms with Crippen molar-refractivity contribution >= 4 is 5.97 Å². The first-order valence-electron chi connectivity index (χ1n) is 7.09. The van der Waals surface area contributed by atoms with Crippen LogP contribution in [0.15, 0.2) is 36.4 Å². The Morgan fingerprint density at radius 1 is 1.00 bits per heavy atom. The highest BCUT2D eigenvalue weighted by Gasteiger charge is 2.12. The summed E-state index contributed by atoms with van der Waals surface area (Å²) >= 11 is 0. The van der Waals surface area contributed by atoms with Gasteiger partial charge in [-0.2, -0.15) is 0 Å². The second kappa shape index (κ2) is 8.17. The molecular weight excluding hydrogens is 283 g/mol.